The number of methoxy groups -OCH3 is 1. The normalized spacial score (nSPS) is 25.6. The fourth-order valence-corrected chi connectivity index (χ4v) is 4.07. The number of piperidine rings is 1. The molecule has 1 unspecified atom stereocenters. The van der Waals surface area contributed by atoms with Crippen LogP contribution in [0.25, 0.3) is 0 Å². The van der Waals surface area contributed by atoms with E-state index in [0.717, 1.165) is 56.8 Å². The van der Waals surface area contributed by atoms with Crippen LogP contribution < -0.4 is 4.74 Å². The van der Waals surface area contributed by atoms with E-state index in [1.54, 1.807) is 13.3 Å². The second kappa shape index (κ2) is 6.48. The Morgan fingerprint density at radius 2 is 2.04 bits per heavy atom. The van der Waals surface area contributed by atoms with Crippen molar-refractivity contribution < 1.29 is 9.53 Å². The van der Waals surface area contributed by atoms with E-state index in [-0.39, 0.29) is 11.6 Å². The quantitative estimate of drug-likeness (QED) is 0.856. The van der Waals surface area contributed by atoms with Crippen molar-refractivity contribution in [2.24, 2.45) is 0 Å². The first-order chi connectivity index (χ1) is 11.1. The van der Waals surface area contributed by atoms with Crippen molar-refractivity contribution in [1.29, 1.82) is 0 Å². The summed E-state index contributed by atoms with van der Waals surface area (Å²) >= 11 is 0. The molecule has 0 aliphatic carbocycles. The molecule has 1 atom stereocenters. The van der Waals surface area contributed by atoms with Gasteiger partial charge in [0.2, 0.25) is 5.91 Å². The lowest BCUT2D eigenvalue weighted by molar-refractivity contribution is -0.149. The first-order valence-electron chi connectivity index (χ1n) is 8.62. The SMILES string of the molecule is COc1ccnc(CN2CCCC23CCCN(C(C)C)C3=O)c1. The molecule has 0 N–H and O–H groups in total. The van der Waals surface area contributed by atoms with Gasteiger partial charge in [0.25, 0.3) is 0 Å². The molecule has 3 heterocycles. The van der Waals surface area contributed by atoms with Crippen molar-refractivity contribution in [3.63, 3.8) is 0 Å². The van der Waals surface area contributed by atoms with Gasteiger partial charge in [0.15, 0.2) is 0 Å². The standard InChI is InChI=1S/C18H27N3O2/c1-14(2)21-11-5-8-18(17(21)22)7-4-10-20(18)13-15-12-16(23-3)6-9-19-15/h6,9,12,14H,4-5,7-8,10-11,13H2,1-3H3. The van der Waals surface area contributed by atoms with Gasteiger partial charge in [0.05, 0.1) is 12.8 Å². The highest BCUT2D eigenvalue weighted by Crippen LogP contribution is 2.39. The predicted octanol–water partition coefficient (Wildman–Crippen LogP) is 2.46. The highest BCUT2D eigenvalue weighted by molar-refractivity contribution is 5.87. The van der Waals surface area contributed by atoms with E-state index in [9.17, 15) is 4.79 Å². The average Bonchev–Trinajstić information content (AvgIpc) is 2.93. The van der Waals surface area contributed by atoms with Crippen molar-refractivity contribution in [3.8, 4) is 5.75 Å². The molecule has 0 radical (unpaired) electrons. The highest BCUT2D eigenvalue weighted by atomic mass is 16.5. The molecule has 23 heavy (non-hydrogen) atoms. The van der Waals surface area contributed by atoms with Gasteiger partial charge in [-0.1, -0.05) is 0 Å². The topological polar surface area (TPSA) is 45.7 Å². The zero-order chi connectivity index (χ0) is 16.4. The number of amides is 1. The first-order valence-corrected chi connectivity index (χ1v) is 8.62. The van der Waals surface area contributed by atoms with E-state index < -0.39 is 0 Å². The summed E-state index contributed by atoms with van der Waals surface area (Å²) < 4.78 is 5.29. The van der Waals surface area contributed by atoms with Crippen LogP contribution in [0.3, 0.4) is 0 Å². The minimum absolute atomic E-state index is 0.275. The molecule has 1 aromatic rings. The van der Waals surface area contributed by atoms with Crippen LogP contribution >= 0.6 is 0 Å². The van der Waals surface area contributed by atoms with Crippen LogP contribution in [0.1, 0.15) is 45.2 Å². The Balaban J connectivity index is 1.82. The number of carbonyl (C=O) groups excluding carboxylic acids is 1. The van der Waals surface area contributed by atoms with Crippen LogP contribution in [0.2, 0.25) is 0 Å². The fraction of sp³-hybridized carbons (Fsp3) is 0.667. The van der Waals surface area contributed by atoms with Crippen LogP contribution in [-0.4, -0.2) is 52.5 Å². The molecule has 5 nitrogen and oxygen atoms in total. The number of nitrogens with zero attached hydrogens (tertiary/aromatic N) is 3. The lowest BCUT2D eigenvalue weighted by Crippen LogP contribution is -2.61. The molecular formula is C18H27N3O2. The summed E-state index contributed by atoms with van der Waals surface area (Å²) in [6.07, 6.45) is 5.89. The molecule has 2 aliphatic heterocycles. The molecule has 3 rings (SSSR count). The Labute approximate surface area is 138 Å². The molecule has 0 bridgehead atoms. The number of aromatic nitrogens is 1. The van der Waals surface area contributed by atoms with Crippen LogP contribution in [0, 0.1) is 0 Å². The summed E-state index contributed by atoms with van der Waals surface area (Å²) in [7, 11) is 1.67. The second-order valence-electron chi connectivity index (χ2n) is 6.94. The van der Waals surface area contributed by atoms with E-state index in [1.807, 2.05) is 12.1 Å². The Bertz CT molecular complexity index is 575. The fourth-order valence-electron chi connectivity index (χ4n) is 4.07. The lowest BCUT2D eigenvalue weighted by atomic mass is 9.84. The maximum Gasteiger partial charge on any atom is 0.243 e. The first kappa shape index (κ1) is 16.2. The molecule has 2 saturated heterocycles. The van der Waals surface area contributed by atoms with E-state index in [1.165, 1.54) is 0 Å². The summed E-state index contributed by atoms with van der Waals surface area (Å²) in [6.45, 7) is 6.80. The van der Waals surface area contributed by atoms with Gasteiger partial charge in [0, 0.05) is 31.4 Å². The molecule has 2 aliphatic rings. The molecule has 1 spiro atoms. The largest absolute Gasteiger partial charge is 0.497 e. The lowest BCUT2D eigenvalue weighted by Gasteiger charge is -2.46. The van der Waals surface area contributed by atoms with Gasteiger partial charge in [-0.05, 0) is 52.1 Å². The number of likely N-dealkylation sites (tertiary alicyclic amines) is 2. The van der Waals surface area contributed by atoms with Crippen LogP contribution in [0.5, 0.6) is 5.75 Å². The number of hydrogen-bond donors (Lipinski definition) is 0. The minimum Gasteiger partial charge on any atom is -0.497 e. The molecule has 5 heteroatoms. The molecule has 0 saturated carbocycles. The van der Waals surface area contributed by atoms with Gasteiger partial charge in [0.1, 0.15) is 11.3 Å². The highest BCUT2D eigenvalue weighted by Gasteiger charge is 2.51. The Morgan fingerprint density at radius 1 is 1.30 bits per heavy atom. The zero-order valence-electron chi connectivity index (χ0n) is 14.4. The summed E-state index contributed by atoms with van der Waals surface area (Å²) in [4.78, 5) is 22.0. The van der Waals surface area contributed by atoms with Gasteiger partial charge in [-0.2, -0.15) is 0 Å². The molecule has 1 aromatic heterocycles. The average molecular weight is 317 g/mol. The van der Waals surface area contributed by atoms with Crippen LogP contribution in [0.4, 0.5) is 0 Å². The van der Waals surface area contributed by atoms with Gasteiger partial charge in [-0.25, -0.2) is 0 Å². The third-order valence-corrected chi connectivity index (χ3v) is 5.27. The minimum atomic E-state index is -0.312. The number of carbonyl (C=O) groups is 1. The second-order valence-corrected chi connectivity index (χ2v) is 6.94. The predicted molar refractivity (Wildman–Crippen MR) is 89.2 cm³/mol. The van der Waals surface area contributed by atoms with E-state index >= 15 is 0 Å². The third kappa shape index (κ3) is 2.94. The van der Waals surface area contributed by atoms with Crippen LogP contribution in [-0.2, 0) is 11.3 Å². The van der Waals surface area contributed by atoms with Crippen LogP contribution in [0.15, 0.2) is 18.3 Å². The molecule has 0 aromatic carbocycles. The van der Waals surface area contributed by atoms with Crippen molar-refractivity contribution in [3.05, 3.63) is 24.0 Å². The summed E-state index contributed by atoms with van der Waals surface area (Å²) in [5.41, 5.74) is 0.660. The Morgan fingerprint density at radius 3 is 2.74 bits per heavy atom. The van der Waals surface area contributed by atoms with Gasteiger partial charge in [-0.15, -0.1) is 0 Å². The third-order valence-electron chi connectivity index (χ3n) is 5.27. The number of hydrogen-bond acceptors (Lipinski definition) is 4. The van der Waals surface area contributed by atoms with Gasteiger partial charge in [-0.3, -0.25) is 14.7 Å². The van der Waals surface area contributed by atoms with E-state index in [2.05, 4.69) is 28.6 Å². The van der Waals surface area contributed by atoms with Gasteiger partial charge < -0.3 is 9.64 Å². The molecule has 1 amide bonds. The smallest absolute Gasteiger partial charge is 0.243 e. The summed E-state index contributed by atoms with van der Waals surface area (Å²) in [5, 5.41) is 0. The van der Waals surface area contributed by atoms with Crippen molar-refractivity contribution in [2.45, 2.75) is 57.7 Å². The van der Waals surface area contributed by atoms with Gasteiger partial charge >= 0.3 is 0 Å². The monoisotopic (exact) mass is 317 g/mol. The number of pyridine rings is 1. The van der Waals surface area contributed by atoms with E-state index in [4.69, 9.17) is 4.74 Å². The Kier molecular flexibility index (Phi) is 4.57. The summed E-state index contributed by atoms with van der Waals surface area (Å²) in [5.74, 6) is 1.14. The molecular weight excluding hydrogens is 290 g/mol. The molecule has 126 valence electrons. The summed E-state index contributed by atoms with van der Waals surface area (Å²) in [6, 6.07) is 4.10. The number of rotatable bonds is 4. The molecule has 2 fully saturated rings. The maximum absolute atomic E-state index is 13.2. The van der Waals surface area contributed by atoms with Crippen molar-refractivity contribution >= 4 is 5.91 Å². The van der Waals surface area contributed by atoms with E-state index in [0.29, 0.717) is 5.91 Å². The zero-order valence-corrected chi connectivity index (χ0v) is 14.4. The Hall–Kier alpha value is -1.62. The maximum atomic E-state index is 13.2. The van der Waals surface area contributed by atoms with Crippen molar-refractivity contribution in [1.82, 2.24) is 14.8 Å². The number of ether oxygens (including phenoxy) is 1. The van der Waals surface area contributed by atoms with Crippen molar-refractivity contribution in [2.75, 3.05) is 20.2 Å².